The molecule has 0 spiro atoms. The zero-order chi connectivity index (χ0) is 9.19. The van der Waals surface area contributed by atoms with Crippen LogP contribution in [0.15, 0.2) is 24.3 Å². The molecule has 12 heavy (non-hydrogen) atoms. The van der Waals surface area contributed by atoms with Crippen molar-refractivity contribution < 1.29 is 0 Å². The van der Waals surface area contributed by atoms with E-state index in [0.29, 0.717) is 0 Å². The molecular weight excluding hydrogens is 162 g/mol. The predicted molar refractivity (Wildman–Crippen MR) is 57.9 cm³/mol. The number of nitrogen functional groups attached to an aromatic ring is 1. The molecule has 0 aliphatic rings. The minimum Gasteiger partial charge on any atom is -0.399 e. The highest BCUT2D eigenvalue weighted by Crippen LogP contribution is 2.12. The molecule has 2 heteroatoms. The summed E-state index contributed by atoms with van der Waals surface area (Å²) in [6.45, 7) is 7.13. The Bertz CT molecular complexity index is 246. The van der Waals surface area contributed by atoms with Gasteiger partial charge in [-0.25, -0.2) is 0 Å². The van der Waals surface area contributed by atoms with Gasteiger partial charge in [-0.15, -0.1) is 0 Å². The van der Waals surface area contributed by atoms with Gasteiger partial charge in [0.1, 0.15) is 0 Å². The van der Waals surface area contributed by atoms with Crippen LogP contribution < -0.4 is 5.73 Å². The maximum atomic E-state index is 5.60. The average molecular weight is 179 g/mol. The van der Waals surface area contributed by atoms with Crippen LogP contribution in [0.3, 0.4) is 0 Å². The second-order valence-corrected chi connectivity index (χ2v) is 9.95. The van der Waals surface area contributed by atoms with Gasteiger partial charge < -0.3 is 5.73 Å². The zero-order valence-electron chi connectivity index (χ0n) is 8.09. The first-order chi connectivity index (χ1) is 5.47. The molecule has 0 aliphatic heterocycles. The summed E-state index contributed by atoms with van der Waals surface area (Å²) in [7, 11) is -0.956. The molecule has 0 fully saturated rings. The normalized spacial score (nSPS) is 11.6. The lowest BCUT2D eigenvalue weighted by atomic mass is 10.2. The molecule has 0 amide bonds. The molecule has 1 nitrogen and oxygen atoms in total. The van der Waals surface area contributed by atoms with Crippen molar-refractivity contribution in [1.29, 1.82) is 0 Å². The fourth-order valence-electron chi connectivity index (χ4n) is 1.25. The van der Waals surface area contributed by atoms with E-state index < -0.39 is 8.07 Å². The second kappa shape index (κ2) is 3.31. The van der Waals surface area contributed by atoms with E-state index in [1.807, 2.05) is 12.1 Å². The van der Waals surface area contributed by atoms with Crippen molar-refractivity contribution in [1.82, 2.24) is 0 Å². The van der Waals surface area contributed by atoms with Crippen molar-refractivity contribution in [3.05, 3.63) is 29.8 Å². The summed E-state index contributed by atoms with van der Waals surface area (Å²) in [5, 5.41) is 0. The van der Waals surface area contributed by atoms with Crippen LogP contribution in [-0.4, -0.2) is 8.07 Å². The molecule has 66 valence electrons. The van der Waals surface area contributed by atoms with Gasteiger partial charge in [-0.3, -0.25) is 0 Å². The third-order valence-corrected chi connectivity index (χ3v) is 3.18. The van der Waals surface area contributed by atoms with E-state index in [-0.39, 0.29) is 0 Å². The summed E-state index contributed by atoms with van der Waals surface area (Å²) in [4.78, 5) is 0. The van der Waals surface area contributed by atoms with Gasteiger partial charge in [0.15, 0.2) is 0 Å². The van der Waals surface area contributed by atoms with Crippen molar-refractivity contribution in [2.45, 2.75) is 25.7 Å². The van der Waals surface area contributed by atoms with Crippen LogP contribution in [0.25, 0.3) is 0 Å². The second-order valence-electron chi connectivity index (χ2n) is 4.48. The third-order valence-electron chi connectivity index (χ3n) is 1.71. The lowest BCUT2D eigenvalue weighted by molar-refractivity contribution is 1.31. The molecule has 0 aliphatic carbocycles. The highest BCUT2D eigenvalue weighted by Gasteiger charge is 2.12. The minimum atomic E-state index is -0.956. The molecule has 0 heterocycles. The van der Waals surface area contributed by atoms with Crippen molar-refractivity contribution in [3.63, 3.8) is 0 Å². The highest BCUT2D eigenvalue weighted by molar-refractivity contribution is 6.75. The first kappa shape index (κ1) is 9.33. The Morgan fingerprint density at radius 2 is 1.58 bits per heavy atom. The van der Waals surface area contributed by atoms with Gasteiger partial charge in [0.25, 0.3) is 0 Å². The third kappa shape index (κ3) is 3.09. The van der Waals surface area contributed by atoms with E-state index in [1.54, 1.807) is 0 Å². The Balaban J connectivity index is 2.71. The number of nitrogens with two attached hydrogens (primary N) is 1. The van der Waals surface area contributed by atoms with Crippen LogP contribution in [0, 0.1) is 0 Å². The summed E-state index contributed by atoms with van der Waals surface area (Å²) < 4.78 is 0. The molecule has 1 aromatic carbocycles. The van der Waals surface area contributed by atoms with Crippen molar-refractivity contribution in [3.8, 4) is 0 Å². The van der Waals surface area contributed by atoms with Crippen LogP contribution in [0.4, 0.5) is 5.69 Å². The number of hydrogen-bond acceptors (Lipinski definition) is 1. The molecule has 2 N–H and O–H groups in total. The highest BCUT2D eigenvalue weighted by atomic mass is 28.3. The van der Waals surface area contributed by atoms with E-state index in [0.717, 1.165) is 5.69 Å². The van der Waals surface area contributed by atoms with E-state index in [4.69, 9.17) is 5.73 Å². The molecule has 0 bridgehead atoms. The minimum absolute atomic E-state index is 0.856. The molecule has 0 unspecified atom stereocenters. The molecule has 0 saturated carbocycles. The first-order valence-electron chi connectivity index (χ1n) is 4.32. The fourth-order valence-corrected chi connectivity index (χ4v) is 2.71. The van der Waals surface area contributed by atoms with Crippen LogP contribution in [0.1, 0.15) is 5.56 Å². The summed E-state index contributed by atoms with van der Waals surface area (Å²) in [6.07, 6.45) is 0. The number of anilines is 1. The van der Waals surface area contributed by atoms with E-state index in [2.05, 4.69) is 31.8 Å². The van der Waals surface area contributed by atoms with Crippen LogP contribution in [0.2, 0.25) is 19.6 Å². The number of hydrogen-bond donors (Lipinski definition) is 1. The molecular formula is C10H17NSi. The summed E-state index contributed by atoms with van der Waals surface area (Å²) in [5.41, 5.74) is 7.88. The Hall–Kier alpha value is -0.763. The molecule has 0 saturated heterocycles. The van der Waals surface area contributed by atoms with Crippen LogP contribution in [-0.2, 0) is 6.04 Å². The monoisotopic (exact) mass is 179 g/mol. The van der Waals surface area contributed by atoms with Crippen LogP contribution >= 0.6 is 0 Å². The van der Waals surface area contributed by atoms with Crippen LogP contribution in [0.5, 0.6) is 0 Å². The quantitative estimate of drug-likeness (QED) is 0.548. The molecule has 0 aromatic heterocycles. The smallest absolute Gasteiger partial charge is 0.0487 e. The Labute approximate surface area is 75.6 Å². The number of rotatable bonds is 2. The largest absolute Gasteiger partial charge is 0.399 e. The van der Waals surface area contributed by atoms with Gasteiger partial charge in [-0.05, 0) is 18.2 Å². The Morgan fingerprint density at radius 1 is 1.08 bits per heavy atom. The maximum absolute atomic E-state index is 5.60. The summed E-state index contributed by atoms with van der Waals surface area (Å²) in [6, 6.07) is 9.47. The standard InChI is InChI=1S/C10H17NSi/c1-12(2,3)8-9-4-6-10(11)7-5-9/h4-7H,8,11H2,1-3H3. The Morgan fingerprint density at radius 3 is 2.00 bits per heavy atom. The lowest BCUT2D eigenvalue weighted by Gasteiger charge is -2.15. The van der Waals surface area contributed by atoms with Crippen molar-refractivity contribution in [2.75, 3.05) is 5.73 Å². The fraction of sp³-hybridized carbons (Fsp3) is 0.400. The number of benzene rings is 1. The Kier molecular flexibility index (Phi) is 2.57. The molecule has 0 atom stereocenters. The molecule has 0 radical (unpaired) electrons. The topological polar surface area (TPSA) is 26.0 Å². The van der Waals surface area contributed by atoms with Gasteiger partial charge in [-0.1, -0.05) is 37.3 Å². The SMILES string of the molecule is C[Si](C)(C)Cc1ccc(N)cc1. The van der Waals surface area contributed by atoms with Gasteiger partial charge in [-0.2, -0.15) is 0 Å². The maximum Gasteiger partial charge on any atom is 0.0487 e. The molecule has 1 aromatic rings. The van der Waals surface area contributed by atoms with E-state index in [9.17, 15) is 0 Å². The lowest BCUT2D eigenvalue weighted by Crippen LogP contribution is -2.23. The van der Waals surface area contributed by atoms with Crippen molar-refractivity contribution >= 4 is 13.8 Å². The van der Waals surface area contributed by atoms with E-state index >= 15 is 0 Å². The average Bonchev–Trinajstić information content (AvgIpc) is 1.91. The van der Waals surface area contributed by atoms with E-state index in [1.165, 1.54) is 11.6 Å². The van der Waals surface area contributed by atoms with Crippen molar-refractivity contribution in [2.24, 2.45) is 0 Å². The first-order valence-corrected chi connectivity index (χ1v) is 8.02. The van der Waals surface area contributed by atoms with Gasteiger partial charge >= 0.3 is 0 Å². The predicted octanol–water partition coefficient (Wildman–Crippen LogP) is 2.69. The van der Waals surface area contributed by atoms with Gasteiger partial charge in [0, 0.05) is 13.8 Å². The summed E-state index contributed by atoms with van der Waals surface area (Å²) in [5.74, 6) is 0. The van der Waals surface area contributed by atoms with Gasteiger partial charge in [0.2, 0.25) is 0 Å². The zero-order valence-corrected chi connectivity index (χ0v) is 9.09. The molecule has 1 rings (SSSR count). The van der Waals surface area contributed by atoms with Gasteiger partial charge in [0.05, 0.1) is 0 Å². The summed E-state index contributed by atoms with van der Waals surface area (Å²) >= 11 is 0.